The first-order valence-corrected chi connectivity index (χ1v) is 26.9. The van der Waals surface area contributed by atoms with E-state index in [9.17, 15) is 19.8 Å². The Labute approximate surface area is 385 Å². The summed E-state index contributed by atoms with van der Waals surface area (Å²) in [4.78, 5) is 26.1. The van der Waals surface area contributed by atoms with Crippen LogP contribution >= 0.6 is 0 Å². The Hall–Kier alpha value is -2.18. The third-order valence-electron chi connectivity index (χ3n) is 12.2. The molecule has 3 N–H and O–H groups in total. The number of amides is 1. The molecule has 0 aromatic rings. The van der Waals surface area contributed by atoms with Crippen molar-refractivity contribution in [1.82, 2.24) is 5.32 Å². The van der Waals surface area contributed by atoms with E-state index in [1.807, 2.05) is 0 Å². The summed E-state index contributed by atoms with van der Waals surface area (Å²) in [5.74, 6) is -0.532. The van der Waals surface area contributed by atoms with Gasteiger partial charge in [-0.15, -0.1) is 0 Å². The molecule has 0 aliphatic rings. The van der Waals surface area contributed by atoms with Crippen LogP contribution in [0.3, 0.4) is 0 Å². The third kappa shape index (κ3) is 44.4. The number of nitrogens with one attached hydrogen (secondary N) is 1. The Balaban J connectivity index is 4.58. The van der Waals surface area contributed by atoms with Gasteiger partial charge in [0.1, 0.15) is 6.10 Å². The summed E-state index contributed by atoms with van der Waals surface area (Å²) < 4.78 is 5.91. The molecular weight excluding hydrogens is 767 g/mol. The first-order chi connectivity index (χ1) is 30.5. The number of hydrogen-bond acceptors (Lipinski definition) is 5. The van der Waals surface area contributed by atoms with Gasteiger partial charge in [-0.25, -0.2) is 0 Å². The van der Waals surface area contributed by atoms with Gasteiger partial charge in [-0.05, 0) is 64.2 Å². The summed E-state index contributed by atoms with van der Waals surface area (Å²) in [5, 5.41) is 23.8. The number of esters is 1. The highest BCUT2D eigenvalue weighted by Crippen LogP contribution is 2.18. The van der Waals surface area contributed by atoms with Crippen molar-refractivity contribution in [3.8, 4) is 0 Å². The number of ether oxygens (including phenoxy) is 1. The fourth-order valence-corrected chi connectivity index (χ4v) is 8.07. The Kier molecular flexibility index (Phi) is 48.1. The van der Waals surface area contributed by atoms with Crippen LogP contribution in [0.2, 0.25) is 0 Å². The lowest BCUT2D eigenvalue weighted by Gasteiger charge is -2.24. The molecule has 0 aromatic carbocycles. The molecular formula is C56H103NO5. The Bertz CT molecular complexity index is 1070. The largest absolute Gasteiger partial charge is 0.462 e. The van der Waals surface area contributed by atoms with Gasteiger partial charge in [-0.2, -0.15) is 0 Å². The van der Waals surface area contributed by atoms with E-state index in [4.69, 9.17) is 4.74 Å². The monoisotopic (exact) mass is 870 g/mol. The highest BCUT2D eigenvalue weighted by Gasteiger charge is 2.24. The second kappa shape index (κ2) is 49.8. The van der Waals surface area contributed by atoms with E-state index < -0.39 is 18.2 Å². The molecule has 0 radical (unpaired) electrons. The van der Waals surface area contributed by atoms with Crippen LogP contribution < -0.4 is 5.32 Å². The Morgan fingerprint density at radius 1 is 0.468 bits per heavy atom. The zero-order chi connectivity index (χ0) is 45.2. The summed E-state index contributed by atoms with van der Waals surface area (Å²) in [6, 6.07) is -0.710. The summed E-state index contributed by atoms with van der Waals surface area (Å²) in [6.07, 6.45) is 60.3. The van der Waals surface area contributed by atoms with Gasteiger partial charge in [-0.3, -0.25) is 9.59 Å². The molecule has 0 heterocycles. The number of carbonyl (C=O) groups is 2. The van der Waals surface area contributed by atoms with Crippen molar-refractivity contribution in [3.05, 3.63) is 48.6 Å². The minimum Gasteiger partial charge on any atom is -0.462 e. The highest BCUT2D eigenvalue weighted by molar-refractivity contribution is 5.77. The number of carbonyl (C=O) groups excluding carboxylic acids is 2. The predicted molar refractivity (Wildman–Crippen MR) is 269 cm³/mol. The minimum absolute atomic E-state index is 0.0584. The second-order valence-corrected chi connectivity index (χ2v) is 18.3. The number of rotatable bonds is 48. The molecule has 0 aromatic heterocycles. The van der Waals surface area contributed by atoms with Crippen LogP contribution in [0.25, 0.3) is 0 Å². The number of aliphatic hydroxyl groups is 2. The second-order valence-electron chi connectivity index (χ2n) is 18.3. The summed E-state index contributed by atoms with van der Waals surface area (Å²) in [6.45, 7) is 6.45. The van der Waals surface area contributed by atoms with E-state index in [1.54, 1.807) is 0 Å². The van der Waals surface area contributed by atoms with Crippen molar-refractivity contribution >= 4 is 11.9 Å². The number of unbranched alkanes of at least 4 members (excludes halogenated alkanes) is 28. The maximum atomic E-state index is 13.2. The molecule has 1 amide bonds. The average Bonchev–Trinajstić information content (AvgIpc) is 3.26. The Morgan fingerprint density at radius 2 is 0.823 bits per heavy atom. The van der Waals surface area contributed by atoms with Crippen LogP contribution in [0.5, 0.6) is 0 Å². The average molecular weight is 870 g/mol. The normalized spacial score (nSPS) is 13.6. The zero-order valence-electron chi connectivity index (χ0n) is 41.3. The molecule has 0 aliphatic heterocycles. The lowest BCUT2D eigenvalue weighted by molar-refractivity contribution is -0.151. The maximum absolute atomic E-state index is 13.2. The van der Waals surface area contributed by atoms with Crippen LogP contribution in [0.1, 0.15) is 271 Å². The highest BCUT2D eigenvalue weighted by atomic mass is 16.5. The predicted octanol–water partition coefficient (Wildman–Crippen LogP) is 16.2. The van der Waals surface area contributed by atoms with E-state index in [2.05, 4.69) is 74.7 Å². The fraction of sp³-hybridized carbons (Fsp3) is 0.821. The molecule has 3 atom stereocenters. The molecule has 0 spiro atoms. The molecule has 6 nitrogen and oxygen atoms in total. The zero-order valence-corrected chi connectivity index (χ0v) is 41.3. The molecule has 0 saturated heterocycles. The first kappa shape index (κ1) is 59.8. The topological polar surface area (TPSA) is 95.9 Å². The maximum Gasteiger partial charge on any atom is 0.306 e. The van der Waals surface area contributed by atoms with E-state index in [0.29, 0.717) is 25.7 Å². The van der Waals surface area contributed by atoms with Crippen molar-refractivity contribution in [1.29, 1.82) is 0 Å². The van der Waals surface area contributed by atoms with E-state index in [-0.39, 0.29) is 24.9 Å². The molecule has 62 heavy (non-hydrogen) atoms. The van der Waals surface area contributed by atoms with Gasteiger partial charge in [-0.1, -0.05) is 243 Å². The quantitative estimate of drug-likeness (QED) is 0.0322. The lowest BCUT2D eigenvalue weighted by atomic mass is 10.0. The van der Waals surface area contributed by atoms with Crippen LogP contribution in [-0.2, 0) is 14.3 Å². The smallest absolute Gasteiger partial charge is 0.306 e. The van der Waals surface area contributed by atoms with E-state index >= 15 is 0 Å². The summed E-state index contributed by atoms with van der Waals surface area (Å²) in [7, 11) is 0. The molecule has 0 rings (SSSR count). The van der Waals surface area contributed by atoms with Gasteiger partial charge in [0, 0.05) is 6.42 Å². The molecule has 362 valence electrons. The van der Waals surface area contributed by atoms with Crippen LogP contribution in [0.4, 0.5) is 0 Å². The van der Waals surface area contributed by atoms with E-state index in [0.717, 1.165) is 64.2 Å². The van der Waals surface area contributed by atoms with E-state index in [1.165, 1.54) is 154 Å². The Morgan fingerprint density at radius 3 is 1.24 bits per heavy atom. The van der Waals surface area contributed by atoms with Gasteiger partial charge in [0.25, 0.3) is 0 Å². The van der Waals surface area contributed by atoms with Gasteiger partial charge in [0.15, 0.2) is 0 Å². The van der Waals surface area contributed by atoms with Gasteiger partial charge in [0.2, 0.25) is 5.91 Å². The molecule has 0 fully saturated rings. The first-order valence-electron chi connectivity index (χ1n) is 26.9. The summed E-state index contributed by atoms with van der Waals surface area (Å²) in [5.41, 5.74) is 0. The number of allylic oxidation sites excluding steroid dienone is 8. The SMILES string of the molecule is CCCCC/C=C\C/C=C\C/C=C\C/C=C\CCCC(=O)OC(CCCCCCCCCCCCC)CC(=O)NC(CO)C(O)CCCCCCCCCCCCCCCCC. The van der Waals surface area contributed by atoms with Crippen molar-refractivity contribution in [2.75, 3.05) is 6.61 Å². The van der Waals surface area contributed by atoms with Gasteiger partial charge < -0.3 is 20.3 Å². The minimum atomic E-state index is -0.795. The van der Waals surface area contributed by atoms with Gasteiger partial charge in [0.05, 0.1) is 25.2 Å². The number of aliphatic hydroxyl groups excluding tert-OH is 2. The lowest BCUT2D eigenvalue weighted by Crippen LogP contribution is -2.46. The standard InChI is InChI=1S/C56H103NO5/c1-4-7-10-13-16-19-22-24-26-27-29-31-34-37-40-43-46-49-56(61)62-52(47-44-41-38-35-32-21-18-15-12-9-6-3)50-55(60)57-53(51-58)54(59)48-45-42-39-36-33-30-28-25-23-20-17-14-11-8-5-2/h16,19,24,26,29,31,37,40,52-54,58-59H,4-15,17-18,20-23,25,27-28,30,32-36,38-39,41-51H2,1-3H3,(H,57,60)/b19-16-,26-24-,31-29-,40-37-. The fourth-order valence-electron chi connectivity index (χ4n) is 8.07. The molecule has 6 heteroatoms. The molecule has 0 bridgehead atoms. The van der Waals surface area contributed by atoms with Crippen molar-refractivity contribution in [2.24, 2.45) is 0 Å². The van der Waals surface area contributed by atoms with Crippen molar-refractivity contribution in [3.63, 3.8) is 0 Å². The molecule has 0 saturated carbocycles. The van der Waals surface area contributed by atoms with Crippen molar-refractivity contribution < 1.29 is 24.5 Å². The number of hydrogen-bond donors (Lipinski definition) is 3. The van der Waals surface area contributed by atoms with Crippen LogP contribution in [-0.4, -0.2) is 46.9 Å². The van der Waals surface area contributed by atoms with Gasteiger partial charge >= 0.3 is 5.97 Å². The van der Waals surface area contributed by atoms with Crippen LogP contribution in [0.15, 0.2) is 48.6 Å². The molecule has 3 unspecified atom stereocenters. The van der Waals surface area contributed by atoms with Crippen LogP contribution in [0, 0.1) is 0 Å². The van der Waals surface area contributed by atoms with Crippen molar-refractivity contribution in [2.45, 2.75) is 289 Å². The summed E-state index contributed by atoms with van der Waals surface area (Å²) >= 11 is 0. The molecule has 0 aliphatic carbocycles. The third-order valence-corrected chi connectivity index (χ3v) is 12.2.